The Labute approximate surface area is 85.3 Å². The van der Waals surface area contributed by atoms with Crippen LogP contribution in [-0.4, -0.2) is 48.7 Å². The molecule has 0 spiro atoms. The van der Waals surface area contributed by atoms with E-state index in [1.54, 1.807) is 11.9 Å². The number of likely N-dealkylation sites (N-methyl/N-ethyl adjacent to an activating group) is 1. The van der Waals surface area contributed by atoms with Crippen molar-refractivity contribution in [2.24, 2.45) is 5.92 Å². The fraction of sp³-hybridized carbons (Fsp3) is 0.900. The fourth-order valence-electron chi connectivity index (χ4n) is 1.78. The van der Waals surface area contributed by atoms with E-state index < -0.39 is 0 Å². The Morgan fingerprint density at radius 2 is 2.29 bits per heavy atom. The first-order chi connectivity index (χ1) is 6.65. The van der Waals surface area contributed by atoms with Crippen molar-refractivity contribution in [2.45, 2.75) is 25.8 Å². The predicted molar refractivity (Wildman–Crippen MR) is 54.9 cm³/mol. The molecule has 0 aliphatic carbocycles. The van der Waals surface area contributed by atoms with Gasteiger partial charge in [-0.3, -0.25) is 4.79 Å². The fourth-order valence-corrected chi connectivity index (χ4v) is 1.78. The Morgan fingerprint density at radius 1 is 1.57 bits per heavy atom. The maximum atomic E-state index is 11.8. The third-order valence-corrected chi connectivity index (χ3v) is 2.82. The SMILES string of the molecule is CC1CCC(C(=O)N(C)CCO)CN1. The number of piperidine rings is 1. The molecule has 1 rings (SSSR count). The first-order valence-electron chi connectivity index (χ1n) is 5.24. The van der Waals surface area contributed by atoms with Gasteiger partial charge >= 0.3 is 0 Å². The van der Waals surface area contributed by atoms with Gasteiger partial charge in [0.25, 0.3) is 0 Å². The van der Waals surface area contributed by atoms with E-state index >= 15 is 0 Å². The van der Waals surface area contributed by atoms with Crippen LogP contribution in [0.4, 0.5) is 0 Å². The summed E-state index contributed by atoms with van der Waals surface area (Å²) in [5, 5.41) is 12.0. The van der Waals surface area contributed by atoms with Gasteiger partial charge in [0.05, 0.1) is 12.5 Å². The summed E-state index contributed by atoms with van der Waals surface area (Å²) < 4.78 is 0. The smallest absolute Gasteiger partial charge is 0.226 e. The number of hydrogen-bond acceptors (Lipinski definition) is 3. The Hall–Kier alpha value is -0.610. The van der Waals surface area contributed by atoms with E-state index in [0.717, 1.165) is 19.4 Å². The van der Waals surface area contributed by atoms with Crippen LogP contribution in [0.25, 0.3) is 0 Å². The van der Waals surface area contributed by atoms with E-state index in [1.807, 2.05) is 0 Å². The van der Waals surface area contributed by atoms with Crippen LogP contribution in [-0.2, 0) is 4.79 Å². The number of nitrogens with one attached hydrogen (secondary N) is 1. The molecule has 2 N–H and O–H groups in total. The van der Waals surface area contributed by atoms with Gasteiger partial charge in [-0.25, -0.2) is 0 Å². The van der Waals surface area contributed by atoms with E-state index in [4.69, 9.17) is 5.11 Å². The van der Waals surface area contributed by atoms with Crippen LogP contribution >= 0.6 is 0 Å². The Bertz CT molecular complexity index is 189. The summed E-state index contributed by atoms with van der Waals surface area (Å²) in [6.45, 7) is 3.39. The van der Waals surface area contributed by atoms with Crippen LogP contribution in [0, 0.1) is 5.92 Å². The second-order valence-electron chi connectivity index (χ2n) is 4.07. The first-order valence-corrected chi connectivity index (χ1v) is 5.24. The van der Waals surface area contributed by atoms with Gasteiger partial charge in [0.1, 0.15) is 0 Å². The molecule has 1 aliphatic heterocycles. The maximum Gasteiger partial charge on any atom is 0.226 e. The van der Waals surface area contributed by atoms with Crippen molar-refractivity contribution in [3.8, 4) is 0 Å². The molecule has 0 bridgehead atoms. The topological polar surface area (TPSA) is 52.6 Å². The molecule has 4 heteroatoms. The summed E-state index contributed by atoms with van der Waals surface area (Å²) in [4.78, 5) is 13.4. The molecule has 0 radical (unpaired) electrons. The monoisotopic (exact) mass is 200 g/mol. The largest absolute Gasteiger partial charge is 0.395 e. The molecular formula is C10H20N2O2. The summed E-state index contributed by atoms with van der Waals surface area (Å²) in [5.41, 5.74) is 0. The summed E-state index contributed by atoms with van der Waals surface area (Å²) in [7, 11) is 1.75. The molecule has 1 amide bonds. The molecule has 1 heterocycles. The van der Waals surface area contributed by atoms with E-state index in [-0.39, 0.29) is 18.4 Å². The van der Waals surface area contributed by atoms with Crippen LogP contribution < -0.4 is 5.32 Å². The number of carbonyl (C=O) groups is 1. The zero-order chi connectivity index (χ0) is 10.6. The Balaban J connectivity index is 2.37. The molecule has 1 fully saturated rings. The van der Waals surface area contributed by atoms with E-state index in [0.29, 0.717) is 12.6 Å². The quantitative estimate of drug-likeness (QED) is 0.665. The molecule has 2 atom stereocenters. The number of aliphatic hydroxyl groups excluding tert-OH is 1. The van der Waals surface area contributed by atoms with E-state index in [1.165, 1.54) is 0 Å². The lowest BCUT2D eigenvalue weighted by molar-refractivity contribution is -0.135. The summed E-state index contributed by atoms with van der Waals surface area (Å²) >= 11 is 0. The minimum atomic E-state index is 0.0405. The number of nitrogens with zero attached hydrogens (tertiary/aromatic N) is 1. The van der Waals surface area contributed by atoms with Crippen LogP contribution in [0.2, 0.25) is 0 Å². The van der Waals surface area contributed by atoms with E-state index in [2.05, 4.69) is 12.2 Å². The number of hydrogen-bond donors (Lipinski definition) is 2. The molecule has 4 nitrogen and oxygen atoms in total. The minimum absolute atomic E-state index is 0.0405. The Morgan fingerprint density at radius 3 is 2.79 bits per heavy atom. The van der Waals surface area contributed by atoms with Crippen molar-refractivity contribution in [1.29, 1.82) is 0 Å². The van der Waals surface area contributed by atoms with Gasteiger partial charge in [-0.05, 0) is 19.8 Å². The molecule has 0 aromatic heterocycles. The highest BCUT2D eigenvalue weighted by molar-refractivity contribution is 5.78. The lowest BCUT2D eigenvalue weighted by Crippen LogP contribution is -2.45. The van der Waals surface area contributed by atoms with Crippen molar-refractivity contribution >= 4 is 5.91 Å². The maximum absolute atomic E-state index is 11.8. The zero-order valence-corrected chi connectivity index (χ0v) is 8.99. The van der Waals surface area contributed by atoms with Crippen molar-refractivity contribution in [2.75, 3.05) is 26.7 Å². The van der Waals surface area contributed by atoms with Crippen LogP contribution in [0.15, 0.2) is 0 Å². The number of amides is 1. The lowest BCUT2D eigenvalue weighted by Gasteiger charge is -2.29. The summed E-state index contributed by atoms with van der Waals surface area (Å²) in [6, 6.07) is 0.530. The summed E-state index contributed by atoms with van der Waals surface area (Å²) in [6.07, 6.45) is 2.02. The molecule has 0 saturated carbocycles. The van der Waals surface area contributed by atoms with Gasteiger partial charge in [-0.1, -0.05) is 0 Å². The Kier molecular flexibility index (Phi) is 4.35. The molecule has 1 saturated heterocycles. The van der Waals surface area contributed by atoms with Gasteiger partial charge in [-0.15, -0.1) is 0 Å². The molecule has 1 aliphatic rings. The van der Waals surface area contributed by atoms with Crippen molar-refractivity contribution in [3.63, 3.8) is 0 Å². The van der Waals surface area contributed by atoms with Crippen molar-refractivity contribution in [1.82, 2.24) is 10.2 Å². The van der Waals surface area contributed by atoms with Crippen LogP contribution in [0.5, 0.6) is 0 Å². The number of rotatable bonds is 3. The first kappa shape index (κ1) is 11.5. The predicted octanol–water partition coefficient (Wildman–Crippen LogP) is -0.175. The highest BCUT2D eigenvalue weighted by Gasteiger charge is 2.25. The van der Waals surface area contributed by atoms with Crippen molar-refractivity contribution in [3.05, 3.63) is 0 Å². The summed E-state index contributed by atoms with van der Waals surface area (Å²) in [5.74, 6) is 0.251. The van der Waals surface area contributed by atoms with Gasteiger partial charge in [0, 0.05) is 26.2 Å². The average Bonchev–Trinajstić information content (AvgIpc) is 2.18. The molecule has 2 unspecified atom stereocenters. The molecule has 0 aromatic carbocycles. The molecule has 14 heavy (non-hydrogen) atoms. The van der Waals surface area contributed by atoms with Crippen LogP contribution in [0.3, 0.4) is 0 Å². The van der Waals surface area contributed by atoms with Gasteiger partial charge in [0.2, 0.25) is 5.91 Å². The third kappa shape index (κ3) is 2.96. The van der Waals surface area contributed by atoms with Crippen molar-refractivity contribution < 1.29 is 9.90 Å². The van der Waals surface area contributed by atoms with Gasteiger partial charge in [-0.2, -0.15) is 0 Å². The second-order valence-corrected chi connectivity index (χ2v) is 4.07. The average molecular weight is 200 g/mol. The standard InChI is InChI=1S/C10H20N2O2/c1-8-3-4-9(7-11-8)10(14)12(2)5-6-13/h8-9,11,13H,3-7H2,1-2H3. The van der Waals surface area contributed by atoms with Gasteiger partial charge < -0.3 is 15.3 Å². The van der Waals surface area contributed by atoms with Gasteiger partial charge in [0.15, 0.2) is 0 Å². The zero-order valence-electron chi connectivity index (χ0n) is 8.99. The molecule has 82 valence electrons. The molecule has 0 aromatic rings. The molecular weight excluding hydrogens is 180 g/mol. The third-order valence-electron chi connectivity index (χ3n) is 2.82. The highest BCUT2D eigenvalue weighted by atomic mass is 16.3. The number of carbonyl (C=O) groups excluding carboxylic acids is 1. The number of aliphatic hydroxyl groups is 1. The van der Waals surface area contributed by atoms with Crippen LogP contribution in [0.1, 0.15) is 19.8 Å². The lowest BCUT2D eigenvalue weighted by atomic mass is 9.94. The minimum Gasteiger partial charge on any atom is -0.395 e. The van der Waals surface area contributed by atoms with E-state index in [9.17, 15) is 4.79 Å². The highest BCUT2D eigenvalue weighted by Crippen LogP contribution is 2.15. The normalized spacial score (nSPS) is 27.4. The second kappa shape index (κ2) is 5.32.